The van der Waals surface area contributed by atoms with Crippen molar-refractivity contribution in [3.63, 3.8) is 0 Å². The monoisotopic (exact) mass is 509 g/mol. The van der Waals surface area contributed by atoms with Gasteiger partial charge in [0.25, 0.3) is 0 Å². The van der Waals surface area contributed by atoms with Crippen molar-refractivity contribution in [2.75, 3.05) is 31.1 Å². The SMILES string of the molecule is CCOc1ccc(CCC[C@H](C(=O)N2CCN(c3ccccn3)C[C@@H]2C)[C@@H]2OC(C)(C)OC2C=O)cc1. The van der Waals surface area contributed by atoms with Crippen LogP contribution in [0.3, 0.4) is 0 Å². The first-order valence-corrected chi connectivity index (χ1v) is 13.3. The van der Waals surface area contributed by atoms with E-state index >= 15 is 0 Å². The maximum absolute atomic E-state index is 14.0. The first kappa shape index (κ1) is 27.1. The van der Waals surface area contributed by atoms with E-state index in [9.17, 15) is 9.59 Å². The molecule has 3 heterocycles. The molecule has 8 heteroatoms. The minimum atomic E-state index is -0.910. The van der Waals surface area contributed by atoms with E-state index in [0.717, 1.165) is 30.7 Å². The fraction of sp³-hybridized carbons (Fsp3) is 0.552. The minimum Gasteiger partial charge on any atom is -0.494 e. The lowest BCUT2D eigenvalue weighted by molar-refractivity contribution is -0.160. The Morgan fingerprint density at radius 3 is 2.62 bits per heavy atom. The van der Waals surface area contributed by atoms with E-state index in [1.54, 1.807) is 20.0 Å². The molecule has 0 spiro atoms. The summed E-state index contributed by atoms with van der Waals surface area (Å²) in [5.74, 6) is 0.420. The Morgan fingerprint density at radius 1 is 1.19 bits per heavy atom. The largest absolute Gasteiger partial charge is 0.494 e. The number of ether oxygens (including phenoxy) is 3. The molecule has 1 aromatic heterocycles. The highest BCUT2D eigenvalue weighted by Gasteiger charge is 2.48. The minimum absolute atomic E-state index is 0.00174. The smallest absolute Gasteiger partial charge is 0.228 e. The summed E-state index contributed by atoms with van der Waals surface area (Å²) in [5.41, 5.74) is 1.18. The van der Waals surface area contributed by atoms with Gasteiger partial charge in [0.2, 0.25) is 5.91 Å². The van der Waals surface area contributed by atoms with Gasteiger partial charge in [0.15, 0.2) is 12.1 Å². The number of carbonyl (C=O) groups excluding carboxylic acids is 2. The number of benzene rings is 1. The average Bonchev–Trinajstić information content (AvgIpc) is 3.22. The topological polar surface area (TPSA) is 81.2 Å². The van der Waals surface area contributed by atoms with Gasteiger partial charge in [-0.2, -0.15) is 0 Å². The second-order valence-corrected chi connectivity index (χ2v) is 10.3. The Balaban J connectivity index is 1.46. The normalized spacial score (nSPS) is 24.1. The van der Waals surface area contributed by atoms with E-state index in [4.69, 9.17) is 14.2 Å². The fourth-order valence-electron chi connectivity index (χ4n) is 5.35. The summed E-state index contributed by atoms with van der Waals surface area (Å²) in [6.07, 6.45) is 3.40. The molecular formula is C29H39N3O5. The van der Waals surface area contributed by atoms with E-state index in [1.807, 2.05) is 42.2 Å². The van der Waals surface area contributed by atoms with Crippen molar-refractivity contribution >= 4 is 18.0 Å². The number of piperazine rings is 1. The molecule has 200 valence electrons. The van der Waals surface area contributed by atoms with E-state index < -0.39 is 23.9 Å². The van der Waals surface area contributed by atoms with Crippen molar-refractivity contribution in [3.05, 3.63) is 54.2 Å². The second-order valence-electron chi connectivity index (χ2n) is 10.3. The molecule has 1 aromatic carbocycles. The molecule has 37 heavy (non-hydrogen) atoms. The van der Waals surface area contributed by atoms with E-state index in [0.29, 0.717) is 32.7 Å². The van der Waals surface area contributed by atoms with Crippen LogP contribution in [0.5, 0.6) is 5.75 Å². The van der Waals surface area contributed by atoms with E-state index in [1.165, 1.54) is 5.56 Å². The van der Waals surface area contributed by atoms with Crippen LogP contribution in [-0.4, -0.2) is 72.4 Å². The number of amides is 1. The van der Waals surface area contributed by atoms with Crippen molar-refractivity contribution in [1.29, 1.82) is 0 Å². The number of hydrogen-bond acceptors (Lipinski definition) is 7. The molecular weight excluding hydrogens is 470 g/mol. The number of aldehydes is 1. The van der Waals surface area contributed by atoms with Crippen LogP contribution < -0.4 is 9.64 Å². The summed E-state index contributed by atoms with van der Waals surface area (Å²) in [6.45, 7) is 10.2. The van der Waals surface area contributed by atoms with Crippen LogP contribution in [0, 0.1) is 5.92 Å². The van der Waals surface area contributed by atoms with Gasteiger partial charge in [0.1, 0.15) is 23.8 Å². The zero-order valence-corrected chi connectivity index (χ0v) is 22.3. The maximum atomic E-state index is 14.0. The predicted molar refractivity (Wildman–Crippen MR) is 142 cm³/mol. The third kappa shape index (κ3) is 6.67. The third-order valence-electron chi connectivity index (χ3n) is 7.11. The van der Waals surface area contributed by atoms with Gasteiger partial charge in [-0.1, -0.05) is 18.2 Å². The van der Waals surface area contributed by atoms with Gasteiger partial charge in [0.05, 0.1) is 12.5 Å². The highest BCUT2D eigenvalue weighted by atomic mass is 16.8. The summed E-state index contributed by atoms with van der Waals surface area (Å²) in [6, 6.07) is 14.0. The van der Waals surface area contributed by atoms with Crippen LogP contribution in [0.15, 0.2) is 48.7 Å². The molecule has 0 saturated carbocycles. The Bertz CT molecular complexity index is 1030. The van der Waals surface area contributed by atoms with Crippen LogP contribution in [0.1, 0.15) is 46.1 Å². The molecule has 0 bridgehead atoms. The number of pyridine rings is 1. The van der Waals surface area contributed by atoms with Gasteiger partial charge in [-0.3, -0.25) is 4.79 Å². The molecule has 1 amide bonds. The van der Waals surface area contributed by atoms with Crippen molar-refractivity contribution < 1.29 is 23.8 Å². The van der Waals surface area contributed by atoms with Gasteiger partial charge >= 0.3 is 0 Å². The van der Waals surface area contributed by atoms with Crippen LogP contribution in [0.25, 0.3) is 0 Å². The first-order valence-electron chi connectivity index (χ1n) is 13.3. The van der Waals surface area contributed by atoms with Gasteiger partial charge in [-0.15, -0.1) is 0 Å². The average molecular weight is 510 g/mol. The summed E-state index contributed by atoms with van der Waals surface area (Å²) in [5, 5.41) is 0. The molecule has 4 atom stereocenters. The number of rotatable bonds is 10. The number of hydrogen-bond donors (Lipinski definition) is 0. The van der Waals surface area contributed by atoms with Gasteiger partial charge in [0, 0.05) is 31.9 Å². The molecule has 0 radical (unpaired) electrons. The number of carbonyl (C=O) groups is 2. The molecule has 1 unspecified atom stereocenters. The standard InChI is InChI=1S/C29H39N3O5/c1-5-35-23-14-12-22(13-15-23)9-8-10-24(27-25(20-33)36-29(3,4)37-27)28(34)32-18-17-31(19-21(32)2)26-11-6-7-16-30-26/h6-7,11-16,20-21,24-25,27H,5,8-10,17-19H2,1-4H3/t21-,24-,25?,27-/m0/s1. The van der Waals surface area contributed by atoms with Crippen molar-refractivity contribution in [2.45, 2.75) is 71.0 Å². The van der Waals surface area contributed by atoms with Gasteiger partial charge in [-0.25, -0.2) is 4.98 Å². The molecule has 2 aliphatic rings. The lowest BCUT2D eigenvalue weighted by Gasteiger charge is -2.42. The third-order valence-corrected chi connectivity index (χ3v) is 7.11. The molecule has 2 aliphatic heterocycles. The Hall–Kier alpha value is -2.97. The van der Waals surface area contributed by atoms with Gasteiger partial charge < -0.3 is 28.8 Å². The second kappa shape index (κ2) is 12.0. The maximum Gasteiger partial charge on any atom is 0.228 e. The van der Waals surface area contributed by atoms with E-state index in [-0.39, 0.29) is 11.9 Å². The summed E-state index contributed by atoms with van der Waals surface area (Å²) in [7, 11) is 0. The molecule has 2 saturated heterocycles. The lowest BCUT2D eigenvalue weighted by Crippen LogP contribution is -2.57. The number of anilines is 1. The highest BCUT2D eigenvalue weighted by Crippen LogP contribution is 2.35. The zero-order valence-electron chi connectivity index (χ0n) is 22.3. The predicted octanol–water partition coefficient (Wildman–Crippen LogP) is 3.88. The van der Waals surface area contributed by atoms with Crippen molar-refractivity contribution in [2.24, 2.45) is 5.92 Å². The first-order chi connectivity index (χ1) is 17.8. The fourth-order valence-corrected chi connectivity index (χ4v) is 5.35. The van der Waals surface area contributed by atoms with Crippen LogP contribution >= 0.6 is 0 Å². The number of nitrogens with zero attached hydrogens (tertiary/aromatic N) is 3. The lowest BCUT2D eigenvalue weighted by atomic mass is 9.89. The molecule has 2 aromatic rings. The van der Waals surface area contributed by atoms with Crippen molar-refractivity contribution in [1.82, 2.24) is 9.88 Å². The number of aromatic nitrogens is 1. The summed E-state index contributed by atoms with van der Waals surface area (Å²) in [4.78, 5) is 34.5. The van der Waals surface area contributed by atoms with Crippen LogP contribution in [-0.2, 0) is 25.5 Å². The Labute approximate surface area is 219 Å². The van der Waals surface area contributed by atoms with E-state index in [2.05, 4.69) is 28.9 Å². The quantitative estimate of drug-likeness (QED) is 0.450. The van der Waals surface area contributed by atoms with Crippen LogP contribution in [0.2, 0.25) is 0 Å². The zero-order chi connectivity index (χ0) is 26.4. The van der Waals surface area contributed by atoms with Crippen molar-refractivity contribution in [3.8, 4) is 5.75 Å². The van der Waals surface area contributed by atoms with Gasteiger partial charge in [-0.05, 0) is 76.8 Å². The molecule has 2 fully saturated rings. The Morgan fingerprint density at radius 2 is 1.97 bits per heavy atom. The number of aryl methyl sites for hydroxylation is 1. The summed E-state index contributed by atoms with van der Waals surface area (Å²) < 4.78 is 17.5. The highest BCUT2D eigenvalue weighted by molar-refractivity contribution is 5.81. The molecule has 4 rings (SSSR count). The Kier molecular flexibility index (Phi) is 8.82. The molecule has 0 N–H and O–H groups in total. The molecule has 0 aliphatic carbocycles. The molecule has 8 nitrogen and oxygen atoms in total. The van der Waals surface area contributed by atoms with Crippen LogP contribution in [0.4, 0.5) is 5.82 Å². The summed E-state index contributed by atoms with van der Waals surface area (Å²) >= 11 is 0.